The third-order valence-electron chi connectivity index (χ3n) is 3.72. The highest BCUT2D eigenvalue weighted by molar-refractivity contribution is 5.79. The van der Waals surface area contributed by atoms with E-state index in [1.54, 1.807) is 42.5 Å². The third kappa shape index (κ3) is 4.87. The van der Waals surface area contributed by atoms with E-state index in [0.29, 0.717) is 23.2 Å². The van der Waals surface area contributed by atoms with E-state index >= 15 is 0 Å². The number of allylic oxidation sites excluding steroid dienone is 1. The van der Waals surface area contributed by atoms with Crippen LogP contribution in [0.15, 0.2) is 55.1 Å². The Kier molecular flexibility index (Phi) is 6.40. The molecule has 5 heteroatoms. The number of carbonyl (C=O) groups is 1. The van der Waals surface area contributed by atoms with Crippen molar-refractivity contribution in [2.75, 3.05) is 5.32 Å². The van der Waals surface area contributed by atoms with E-state index in [1.165, 1.54) is 0 Å². The summed E-state index contributed by atoms with van der Waals surface area (Å²) in [6.07, 6.45) is 2.37. The van der Waals surface area contributed by atoms with Gasteiger partial charge in [-0.1, -0.05) is 12.1 Å². The van der Waals surface area contributed by atoms with Gasteiger partial charge >= 0.3 is 5.97 Å². The number of anilines is 1. The molecule has 0 aromatic heterocycles. The average molecular weight is 350 g/mol. The van der Waals surface area contributed by atoms with Crippen molar-refractivity contribution in [3.05, 3.63) is 71.8 Å². The van der Waals surface area contributed by atoms with E-state index in [2.05, 4.69) is 11.9 Å². The van der Waals surface area contributed by atoms with Crippen LogP contribution in [0.3, 0.4) is 0 Å². The van der Waals surface area contributed by atoms with Crippen LogP contribution in [0.25, 0.3) is 0 Å². The minimum absolute atomic E-state index is 0.0245. The predicted molar refractivity (Wildman–Crippen MR) is 101 cm³/mol. The van der Waals surface area contributed by atoms with Crippen LogP contribution >= 0.6 is 0 Å². The molecule has 5 nitrogen and oxygen atoms in total. The van der Waals surface area contributed by atoms with Crippen molar-refractivity contribution >= 4 is 11.7 Å². The van der Waals surface area contributed by atoms with Crippen molar-refractivity contribution in [2.45, 2.75) is 32.4 Å². The van der Waals surface area contributed by atoms with Gasteiger partial charge in [0.1, 0.15) is 5.75 Å². The molecule has 0 saturated heterocycles. The number of nitriles is 1. The summed E-state index contributed by atoms with van der Waals surface area (Å²) in [7, 11) is 0. The number of aliphatic carboxylic acids is 1. The summed E-state index contributed by atoms with van der Waals surface area (Å²) < 4.78 is 5.79. The number of hydrogen-bond donors (Lipinski definition) is 2. The van der Waals surface area contributed by atoms with Crippen molar-refractivity contribution in [1.29, 1.82) is 5.26 Å². The first-order chi connectivity index (χ1) is 12.4. The molecule has 26 heavy (non-hydrogen) atoms. The second-order valence-electron chi connectivity index (χ2n) is 6.13. The van der Waals surface area contributed by atoms with Gasteiger partial charge in [-0.05, 0) is 67.8 Å². The standard InChI is InChI=1S/C21H22N2O3/c1-4-5-16-12-17(8-11-19(16)26-14(2)3)20(21(24)25)23-18-9-6-15(13-22)7-10-18/h4,6-12,14,20,23H,1,5H2,2-3H3,(H,24,25). The zero-order valence-corrected chi connectivity index (χ0v) is 14.9. The number of nitrogens with one attached hydrogen (secondary N) is 1. The summed E-state index contributed by atoms with van der Waals surface area (Å²) in [6.45, 7) is 7.64. The quantitative estimate of drug-likeness (QED) is 0.693. The highest BCUT2D eigenvalue weighted by atomic mass is 16.5. The molecule has 0 bridgehead atoms. The van der Waals surface area contributed by atoms with Gasteiger partial charge in [0.25, 0.3) is 0 Å². The molecule has 134 valence electrons. The zero-order valence-electron chi connectivity index (χ0n) is 14.9. The van der Waals surface area contributed by atoms with Crippen LogP contribution in [0.2, 0.25) is 0 Å². The lowest BCUT2D eigenvalue weighted by Gasteiger charge is -2.19. The first-order valence-electron chi connectivity index (χ1n) is 8.34. The Morgan fingerprint density at radius 1 is 1.31 bits per heavy atom. The van der Waals surface area contributed by atoms with Gasteiger partial charge in [-0.3, -0.25) is 0 Å². The van der Waals surface area contributed by atoms with Crippen molar-refractivity contribution in [3.63, 3.8) is 0 Å². The molecule has 0 aliphatic heterocycles. The number of carboxylic acid groups (broad SMARTS) is 1. The monoisotopic (exact) mass is 350 g/mol. The van der Waals surface area contributed by atoms with Crippen LogP contribution in [0.1, 0.15) is 36.6 Å². The normalized spacial score (nSPS) is 11.5. The molecule has 0 spiro atoms. The molecule has 2 aromatic carbocycles. The summed E-state index contributed by atoms with van der Waals surface area (Å²) in [5.74, 6) is -0.261. The molecule has 2 N–H and O–H groups in total. The van der Waals surface area contributed by atoms with Crippen LogP contribution in [0.5, 0.6) is 5.75 Å². The Bertz CT molecular complexity index is 820. The summed E-state index contributed by atoms with van der Waals surface area (Å²) in [6, 6.07) is 13.2. The lowest BCUT2D eigenvalue weighted by molar-refractivity contribution is -0.138. The van der Waals surface area contributed by atoms with Crippen LogP contribution in [-0.2, 0) is 11.2 Å². The van der Waals surface area contributed by atoms with Gasteiger partial charge in [0, 0.05) is 5.69 Å². The molecule has 0 aliphatic carbocycles. The minimum atomic E-state index is -0.989. The SMILES string of the molecule is C=CCc1cc(C(Nc2ccc(C#N)cc2)C(=O)O)ccc1OC(C)C. The lowest BCUT2D eigenvalue weighted by atomic mass is 10.0. The summed E-state index contributed by atoms with van der Waals surface area (Å²) >= 11 is 0. The highest BCUT2D eigenvalue weighted by Gasteiger charge is 2.21. The maximum Gasteiger partial charge on any atom is 0.330 e. The van der Waals surface area contributed by atoms with E-state index in [1.807, 2.05) is 26.0 Å². The van der Waals surface area contributed by atoms with Gasteiger partial charge in [-0.15, -0.1) is 6.58 Å². The Balaban J connectivity index is 2.33. The predicted octanol–water partition coefficient (Wildman–Crippen LogP) is 4.31. The van der Waals surface area contributed by atoms with Gasteiger partial charge in [0.05, 0.1) is 17.7 Å². The average Bonchev–Trinajstić information content (AvgIpc) is 2.61. The maximum absolute atomic E-state index is 11.8. The number of carboxylic acids is 1. The van der Waals surface area contributed by atoms with E-state index in [-0.39, 0.29) is 6.10 Å². The molecule has 2 aromatic rings. The molecule has 1 atom stereocenters. The summed E-state index contributed by atoms with van der Waals surface area (Å²) in [4.78, 5) is 11.8. The maximum atomic E-state index is 11.8. The molecule has 0 aliphatic rings. The van der Waals surface area contributed by atoms with Crippen LogP contribution in [0, 0.1) is 11.3 Å². The first kappa shape index (κ1) is 19.1. The van der Waals surface area contributed by atoms with Gasteiger partial charge in [0.15, 0.2) is 6.04 Å². The Hall–Kier alpha value is -3.26. The number of nitrogens with zero attached hydrogens (tertiary/aromatic N) is 1. The van der Waals surface area contributed by atoms with Gasteiger partial charge in [-0.25, -0.2) is 4.79 Å². The number of benzene rings is 2. The summed E-state index contributed by atoms with van der Waals surface area (Å²) in [5.41, 5.74) is 2.66. The van der Waals surface area contributed by atoms with Gasteiger partial charge < -0.3 is 15.2 Å². The molecule has 0 heterocycles. The van der Waals surface area contributed by atoms with Crippen LogP contribution in [0.4, 0.5) is 5.69 Å². The summed E-state index contributed by atoms with van der Waals surface area (Å²) in [5, 5.41) is 21.5. The molecular formula is C21H22N2O3. The smallest absolute Gasteiger partial charge is 0.330 e. The molecule has 2 rings (SSSR count). The third-order valence-corrected chi connectivity index (χ3v) is 3.72. The van der Waals surface area contributed by atoms with Gasteiger partial charge in [-0.2, -0.15) is 5.26 Å². The molecule has 0 amide bonds. The van der Waals surface area contributed by atoms with Crippen LogP contribution < -0.4 is 10.1 Å². The topological polar surface area (TPSA) is 82.4 Å². The fraction of sp³-hybridized carbons (Fsp3) is 0.238. The van der Waals surface area contributed by atoms with Gasteiger partial charge in [0.2, 0.25) is 0 Å². The first-order valence-corrected chi connectivity index (χ1v) is 8.34. The van der Waals surface area contributed by atoms with Crippen molar-refractivity contribution in [2.24, 2.45) is 0 Å². The molecule has 0 saturated carbocycles. The Morgan fingerprint density at radius 2 is 2.00 bits per heavy atom. The van der Waals surface area contributed by atoms with E-state index in [9.17, 15) is 9.90 Å². The number of hydrogen-bond acceptors (Lipinski definition) is 4. The van der Waals surface area contributed by atoms with Crippen molar-refractivity contribution in [3.8, 4) is 11.8 Å². The van der Waals surface area contributed by atoms with E-state index in [0.717, 1.165) is 11.3 Å². The second kappa shape index (κ2) is 8.72. The fourth-order valence-electron chi connectivity index (χ4n) is 2.56. The molecule has 0 radical (unpaired) electrons. The molecule has 0 fully saturated rings. The Morgan fingerprint density at radius 3 is 2.54 bits per heavy atom. The number of rotatable bonds is 8. The van der Waals surface area contributed by atoms with Crippen molar-refractivity contribution in [1.82, 2.24) is 0 Å². The largest absolute Gasteiger partial charge is 0.491 e. The second-order valence-corrected chi connectivity index (χ2v) is 6.13. The molecular weight excluding hydrogens is 328 g/mol. The zero-order chi connectivity index (χ0) is 19.1. The lowest BCUT2D eigenvalue weighted by Crippen LogP contribution is -2.21. The Labute approximate surface area is 153 Å². The fourth-order valence-corrected chi connectivity index (χ4v) is 2.56. The van der Waals surface area contributed by atoms with E-state index in [4.69, 9.17) is 10.00 Å². The van der Waals surface area contributed by atoms with Crippen LogP contribution in [-0.4, -0.2) is 17.2 Å². The number of ether oxygens (including phenoxy) is 1. The molecule has 1 unspecified atom stereocenters. The highest BCUT2D eigenvalue weighted by Crippen LogP contribution is 2.27. The van der Waals surface area contributed by atoms with Crippen molar-refractivity contribution < 1.29 is 14.6 Å². The minimum Gasteiger partial charge on any atom is -0.491 e. The van der Waals surface area contributed by atoms with E-state index < -0.39 is 12.0 Å².